The number of allylic oxidation sites excluding steroid dienone is 1. The van der Waals surface area contributed by atoms with E-state index in [1.807, 2.05) is 18.2 Å². The summed E-state index contributed by atoms with van der Waals surface area (Å²) in [5.74, 6) is -0.417. The zero-order valence-electron chi connectivity index (χ0n) is 25.5. The second kappa shape index (κ2) is 9.59. The molecule has 6 aromatic rings. The average molecular weight is 612 g/mol. The van der Waals surface area contributed by atoms with Crippen molar-refractivity contribution in [2.24, 2.45) is 0 Å². The van der Waals surface area contributed by atoms with Crippen LogP contribution in [-0.4, -0.2) is 11.6 Å². The molecule has 3 heterocycles. The Morgan fingerprint density at radius 3 is 1.78 bits per heavy atom. The number of carbonyl (C=O) groups is 2. The van der Waals surface area contributed by atoms with E-state index in [9.17, 15) is 9.59 Å². The molecule has 4 heteroatoms. The van der Waals surface area contributed by atoms with Crippen molar-refractivity contribution in [1.82, 2.24) is 0 Å². The predicted octanol–water partition coefficient (Wildman–Crippen LogP) is 10.0. The van der Waals surface area contributed by atoms with Gasteiger partial charge in [-0.15, -0.1) is 11.3 Å². The lowest BCUT2D eigenvalue weighted by atomic mass is 9.61. The summed E-state index contributed by atoms with van der Waals surface area (Å²) < 4.78 is 0. The summed E-state index contributed by atoms with van der Waals surface area (Å²) in [5, 5.41) is 1.10. The van der Waals surface area contributed by atoms with Crippen LogP contribution in [0.1, 0.15) is 72.8 Å². The highest BCUT2D eigenvalue weighted by Crippen LogP contribution is 2.64. The van der Waals surface area contributed by atoms with Gasteiger partial charge in [-0.1, -0.05) is 135 Å². The van der Waals surface area contributed by atoms with Crippen LogP contribution < -0.4 is 4.90 Å². The zero-order chi connectivity index (χ0) is 31.2. The second-order valence-corrected chi connectivity index (χ2v) is 13.9. The smallest absolute Gasteiger partial charge is 0.197 e. The summed E-state index contributed by atoms with van der Waals surface area (Å²) in [6.07, 6.45) is 1.82. The van der Waals surface area contributed by atoms with E-state index in [0.29, 0.717) is 11.1 Å². The van der Waals surface area contributed by atoms with Crippen molar-refractivity contribution in [3.63, 3.8) is 0 Å². The maximum absolute atomic E-state index is 13.5. The van der Waals surface area contributed by atoms with Gasteiger partial charge in [0.15, 0.2) is 11.6 Å². The molecule has 1 aliphatic carbocycles. The Balaban J connectivity index is 1.40. The Hall–Kier alpha value is -5.32. The molecule has 3 aliphatic rings. The molecular formula is C42H29NO2S. The minimum absolute atomic E-state index is 0.208. The van der Waals surface area contributed by atoms with Crippen molar-refractivity contribution in [3.05, 3.63) is 188 Å². The van der Waals surface area contributed by atoms with Crippen LogP contribution in [0.3, 0.4) is 0 Å². The number of para-hydroxylation sites is 2. The van der Waals surface area contributed by atoms with Gasteiger partial charge < -0.3 is 4.90 Å². The van der Waals surface area contributed by atoms with Gasteiger partial charge in [0.2, 0.25) is 0 Å². The van der Waals surface area contributed by atoms with E-state index < -0.39 is 5.41 Å². The molecule has 0 bridgehead atoms. The van der Waals surface area contributed by atoms with Gasteiger partial charge in [-0.3, -0.25) is 9.59 Å². The Morgan fingerprint density at radius 2 is 1.13 bits per heavy atom. The number of ketones is 2. The highest BCUT2D eigenvalue weighted by atomic mass is 32.1. The number of nitrogens with zero attached hydrogens (tertiary/aromatic N) is 1. The maximum Gasteiger partial charge on any atom is 0.197 e. The Morgan fingerprint density at radius 1 is 0.587 bits per heavy atom. The summed E-state index contributed by atoms with van der Waals surface area (Å²) in [4.78, 5) is 30.3. The zero-order valence-corrected chi connectivity index (χ0v) is 26.3. The monoisotopic (exact) mass is 611 g/mol. The van der Waals surface area contributed by atoms with Gasteiger partial charge in [0.25, 0.3) is 0 Å². The lowest BCUT2D eigenvalue weighted by molar-refractivity contribution is 0.0990. The van der Waals surface area contributed by atoms with Crippen LogP contribution in [0.25, 0.3) is 6.08 Å². The molecule has 9 rings (SSSR count). The van der Waals surface area contributed by atoms with Gasteiger partial charge in [0.05, 0.1) is 22.4 Å². The molecule has 0 N–H and O–H groups in total. The van der Waals surface area contributed by atoms with E-state index in [1.54, 1.807) is 23.5 Å². The van der Waals surface area contributed by atoms with E-state index in [-0.39, 0.29) is 22.6 Å². The van der Waals surface area contributed by atoms with Crippen molar-refractivity contribution < 1.29 is 9.59 Å². The molecule has 0 unspecified atom stereocenters. The quantitative estimate of drug-likeness (QED) is 0.147. The first kappa shape index (κ1) is 27.0. The fourth-order valence-corrected chi connectivity index (χ4v) is 9.21. The SMILES string of the molecule is CC1(C)c2ccccc2N2c3sc(C=C4C(=O)c5ccccc5C4=O)cc3C(c3ccccc3)(c3ccccc3)c3cccc1c32. The molecule has 220 valence electrons. The normalized spacial score (nSPS) is 16.4. The summed E-state index contributed by atoms with van der Waals surface area (Å²) in [6, 6.07) is 46.3. The average Bonchev–Trinajstić information content (AvgIpc) is 3.62. The first-order chi connectivity index (χ1) is 22.4. The van der Waals surface area contributed by atoms with Crippen LogP contribution in [0.2, 0.25) is 0 Å². The lowest BCUT2D eigenvalue weighted by Crippen LogP contribution is -2.41. The fourth-order valence-electron chi connectivity index (χ4n) is 8.03. The Bertz CT molecular complexity index is 2200. The molecule has 0 fully saturated rings. The van der Waals surface area contributed by atoms with Crippen LogP contribution in [0.4, 0.5) is 16.4 Å². The van der Waals surface area contributed by atoms with Crippen molar-refractivity contribution in [1.29, 1.82) is 0 Å². The van der Waals surface area contributed by atoms with Gasteiger partial charge in [-0.25, -0.2) is 0 Å². The number of Topliss-reactive ketones (excluding diaryl/α,β-unsaturated/α-hetero) is 2. The largest absolute Gasteiger partial charge is 0.301 e. The van der Waals surface area contributed by atoms with Crippen LogP contribution >= 0.6 is 11.3 Å². The highest BCUT2D eigenvalue weighted by Gasteiger charge is 2.51. The molecule has 0 atom stereocenters. The summed E-state index contributed by atoms with van der Waals surface area (Å²) in [6.45, 7) is 4.64. The van der Waals surface area contributed by atoms with E-state index in [0.717, 1.165) is 21.1 Å². The molecular weight excluding hydrogens is 583 g/mol. The summed E-state index contributed by atoms with van der Waals surface area (Å²) in [7, 11) is 0. The van der Waals surface area contributed by atoms with Crippen molar-refractivity contribution in [2.75, 3.05) is 4.90 Å². The lowest BCUT2D eigenvalue weighted by Gasteiger charge is -2.50. The number of anilines is 3. The van der Waals surface area contributed by atoms with E-state index in [2.05, 4.69) is 128 Å². The van der Waals surface area contributed by atoms with Gasteiger partial charge in [0, 0.05) is 27.0 Å². The van der Waals surface area contributed by atoms with Gasteiger partial charge >= 0.3 is 0 Å². The summed E-state index contributed by atoms with van der Waals surface area (Å²) >= 11 is 1.64. The van der Waals surface area contributed by atoms with Crippen molar-refractivity contribution in [2.45, 2.75) is 24.7 Å². The number of thiophene rings is 1. The number of hydrogen-bond acceptors (Lipinski definition) is 4. The van der Waals surface area contributed by atoms with Crippen LogP contribution in [0.5, 0.6) is 0 Å². The number of hydrogen-bond donors (Lipinski definition) is 0. The number of fused-ring (bicyclic) bond motifs is 5. The second-order valence-electron chi connectivity index (χ2n) is 12.8. The molecule has 5 aromatic carbocycles. The molecule has 0 saturated carbocycles. The highest BCUT2D eigenvalue weighted by molar-refractivity contribution is 7.17. The Kier molecular flexibility index (Phi) is 5.63. The Labute approximate surface area is 272 Å². The van der Waals surface area contributed by atoms with E-state index >= 15 is 0 Å². The number of carbonyl (C=O) groups excluding carboxylic acids is 2. The molecule has 0 spiro atoms. The topological polar surface area (TPSA) is 37.4 Å². The molecule has 0 radical (unpaired) electrons. The molecule has 0 amide bonds. The third-order valence-electron chi connectivity index (χ3n) is 10.1. The number of benzene rings is 5. The van der Waals surface area contributed by atoms with E-state index in [1.165, 1.54) is 33.5 Å². The minimum Gasteiger partial charge on any atom is -0.301 e. The molecule has 0 saturated heterocycles. The molecule has 3 nitrogen and oxygen atoms in total. The third-order valence-corrected chi connectivity index (χ3v) is 11.2. The van der Waals surface area contributed by atoms with Crippen LogP contribution in [-0.2, 0) is 10.8 Å². The molecule has 46 heavy (non-hydrogen) atoms. The number of rotatable bonds is 3. The minimum atomic E-state index is -0.637. The first-order valence-corrected chi connectivity index (χ1v) is 16.4. The van der Waals surface area contributed by atoms with Gasteiger partial charge in [0.1, 0.15) is 5.00 Å². The third kappa shape index (κ3) is 3.42. The van der Waals surface area contributed by atoms with Crippen LogP contribution in [0, 0.1) is 0 Å². The van der Waals surface area contributed by atoms with Crippen molar-refractivity contribution in [3.8, 4) is 0 Å². The van der Waals surface area contributed by atoms with Gasteiger partial charge in [-0.2, -0.15) is 0 Å². The van der Waals surface area contributed by atoms with Gasteiger partial charge in [-0.05, 0) is 46.0 Å². The maximum atomic E-state index is 13.5. The van der Waals surface area contributed by atoms with Crippen LogP contribution in [0.15, 0.2) is 139 Å². The van der Waals surface area contributed by atoms with Crippen molar-refractivity contribution >= 4 is 45.4 Å². The standard InChI is InChI=1S/C42H29NO2S/c1-41(2)32-20-11-12-23-36(32)43-37-33(41)21-13-22-34(37)42(26-14-5-3-6-15-26,27-16-7-4-8-17-27)35-25-28(46-40(35)43)24-31-38(44)29-18-9-10-19-30(29)39(31)45/h3-25H,1-2H3. The van der Waals surface area contributed by atoms with E-state index in [4.69, 9.17) is 0 Å². The summed E-state index contributed by atoms with van der Waals surface area (Å²) in [5.41, 5.74) is 9.91. The molecule has 1 aromatic heterocycles. The fraction of sp³-hybridized carbons (Fsp3) is 0.0952. The first-order valence-electron chi connectivity index (χ1n) is 15.6. The predicted molar refractivity (Wildman–Crippen MR) is 186 cm³/mol. The molecule has 2 aliphatic heterocycles.